The fraction of sp³-hybridized carbons (Fsp3) is 0.250. The highest BCUT2D eigenvalue weighted by atomic mass is 16.2. The molecule has 1 saturated heterocycles. The number of piperazine rings is 1. The zero-order chi connectivity index (χ0) is 17.1. The first-order chi connectivity index (χ1) is 12.3. The van der Waals surface area contributed by atoms with Crippen molar-refractivity contribution in [2.45, 2.75) is 6.54 Å². The van der Waals surface area contributed by atoms with Gasteiger partial charge in [0.1, 0.15) is 0 Å². The Morgan fingerprint density at radius 1 is 0.920 bits per heavy atom. The summed E-state index contributed by atoms with van der Waals surface area (Å²) in [6.07, 6.45) is 5.36. The summed E-state index contributed by atoms with van der Waals surface area (Å²) in [6.45, 7) is 4.18. The van der Waals surface area contributed by atoms with Gasteiger partial charge in [0.15, 0.2) is 0 Å². The zero-order valence-corrected chi connectivity index (χ0v) is 14.0. The van der Waals surface area contributed by atoms with E-state index in [0.29, 0.717) is 0 Å². The van der Waals surface area contributed by atoms with Gasteiger partial charge in [0, 0.05) is 56.7 Å². The molecular formula is C20H20N4O. The number of amides is 1. The van der Waals surface area contributed by atoms with Gasteiger partial charge in [0.25, 0.3) is 5.91 Å². The van der Waals surface area contributed by atoms with Crippen LogP contribution in [0.2, 0.25) is 0 Å². The molecule has 5 heteroatoms. The van der Waals surface area contributed by atoms with Crippen LogP contribution in [-0.2, 0) is 6.54 Å². The van der Waals surface area contributed by atoms with Gasteiger partial charge in [-0.1, -0.05) is 18.2 Å². The smallest absolute Gasteiger partial charge is 0.254 e. The van der Waals surface area contributed by atoms with Crippen LogP contribution < -0.4 is 0 Å². The number of nitrogens with zero attached hydrogens (tertiary/aromatic N) is 4. The number of carbonyl (C=O) groups is 1. The average molecular weight is 332 g/mol. The van der Waals surface area contributed by atoms with Crippen molar-refractivity contribution < 1.29 is 4.79 Å². The second kappa shape index (κ2) is 6.99. The zero-order valence-electron chi connectivity index (χ0n) is 14.0. The molecule has 25 heavy (non-hydrogen) atoms. The van der Waals surface area contributed by atoms with Crippen LogP contribution >= 0.6 is 0 Å². The number of para-hydroxylation sites is 1. The molecule has 0 unspecified atom stereocenters. The third-order valence-corrected chi connectivity index (χ3v) is 4.69. The first-order valence-electron chi connectivity index (χ1n) is 8.55. The van der Waals surface area contributed by atoms with E-state index in [9.17, 15) is 4.79 Å². The van der Waals surface area contributed by atoms with Crippen LogP contribution in [0.3, 0.4) is 0 Å². The Morgan fingerprint density at radius 3 is 2.48 bits per heavy atom. The van der Waals surface area contributed by atoms with E-state index >= 15 is 0 Å². The number of fused-ring (bicyclic) bond motifs is 1. The van der Waals surface area contributed by atoms with E-state index in [1.807, 2.05) is 59.8 Å². The molecule has 0 radical (unpaired) electrons. The van der Waals surface area contributed by atoms with E-state index in [2.05, 4.69) is 14.9 Å². The third kappa shape index (κ3) is 3.37. The monoisotopic (exact) mass is 332 g/mol. The van der Waals surface area contributed by atoms with E-state index in [1.165, 1.54) is 5.56 Å². The van der Waals surface area contributed by atoms with Crippen LogP contribution in [0.5, 0.6) is 0 Å². The first-order valence-corrected chi connectivity index (χ1v) is 8.55. The maximum Gasteiger partial charge on any atom is 0.254 e. The minimum Gasteiger partial charge on any atom is -0.336 e. The maximum atomic E-state index is 13.0. The molecule has 0 spiro atoms. The summed E-state index contributed by atoms with van der Waals surface area (Å²) < 4.78 is 0. The Kier molecular flexibility index (Phi) is 4.39. The van der Waals surface area contributed by atoms with Gasteiger partial charge in [0.05, 0.1) is 11.1 Å². The van der Waals surface area contributed by atoms with Gasteiger partial charge >= 0.3 is 0 Å². The van der Waals surface area contributed by atoms with Crippen molar-refractivity contribution in [2.75, 3.05) is 26.2 Å². The summed E-state index contributed by atoms with van der Waals surface area (Å²) in [7, 11) is 0. The summed E-state index contributed by atoms with van der Waals surface area (Å²) in [5, 5.41) is 0.925. The number of aromatic nitrogens is 2. The Bertz CT molecular complexity index is 868. The molecule has 1 aliphatic heterocycles. The molecule has 126 valence electrons. The van der Waals surface area contributed by atoms with Crippen molar-refractivity contribution in [3.63, 3.8) is 0 Å². The number of benzene rings is 1. The molecule has 0 atom stereocenters. The first kappa shape index (κ1) is 15.7. The van der Waals surface area contributed by atoms with Gasteiger partial charge in [-0.2, -0.15) is 0 Å². The fourth-order valence-electron chi connectivity index (χ4n) is 3.31. The summed E-state index contributed by atoms with van der Waals surface area (Å²) in [6, 6.07) is 13.7. The van der Waals surface area contributed by atoms with Crippen molar-refractivity contribution in [3.05, 3.63) is 72.2 Å². The van der Waals surface area contributed by atoms with E-state index in [4.69, 9.17) is 0 Å². The van der Waals surface area contributed by atoms with Gasteiger partial charge in [-0.15, -0.1) is 0 Å². The number of hydrogen-bond donors (Lipinski definition) is 0. The molecule has 3 aromatic rings. The summed E-state index contributed by atoms with van der Waals surface area (Å²) >= 11 is 0. The van der Waals surface area contributed by atoms with Crippen LogP contribution in [0, 0.1) is 0 Å². The van der Waals surface area contributed by atoms with E-state index in [1.54, 1.807) is 6.20 Å². The van der Waals surface area contributed by atoms with Crippen molar-refractivity contribution in [2.24, 2.45) is 0 Å². The highest BCUT2D eigenvalue weighted by Gasteiger charge is 2.23. The Balaban J connectivity index is 1.44. The Morgan fingerprint density at radius 2 is 1.68 bits per heavy atom. The van der Waals surface area contributed by atoms with Gasteiger partial charge in [-0.25, -0.2) is 0 Å². The highest BCUT2D eigenvalue weighted by molar-refractivity contribution is 6.06. The van der Waals surface area contributed by atoms with Gasteiger partial charge < -0.3 is 4.90 Å². The quantitative estimate of drug-likeness (QED) is 0.740. The Hall–Kier alpha value is -2.79. The van der Waals surface area contributed by atoms with E-state index in [0.717, 1.165) is 49.2 Å². The van der Waals surface area contributed by atoms with Gasteiger partial charge in [-0.05, 0) is 29.8 Å². The summed E-state index contributed by atoms with van der Waals surface area (Å²) in [5.74, 6) is 0.0992. The number of rotatable bonds is 3. The lowest BCUT2D eigenvalue weighted by atomic mass is 10.1. The molecule has 4 rings (SSSR count). The molecule has 1 fully saturated rings. The standard InChI is InChI=1S/C20H20N4O/c25-20(18-7-10-22-19-4-2-1-3-17(18)19)24-13-11-23(12-14-24)15-16-5-8-21-9-6-16/h1-10H,11-15H2. The molecular weight excluding hydrogens is 312 g/mol. The molecule has 0 aliphatic carbocycles. The van der Waals surface area contributed by atoms with Gasteiger partial charge in [0.2, 0.25) is 0 Å². The van der Waals surface area contributed by atoms with Crippen molar-refractivity contribution in [3.8, 4) is 0 Å². The molecule has 1 aromatic carbocycles. The van der Waals surface area contributed by atoms with Crippen molar-refractivity contribution in [1.82, 2.24) is 19.8 Å². The van der Waals surface area contributed by atoms with E-state index < -0.39 is 0 Å². The van der Waals surface area contributed by atoms with Crippen molar-refractivity contribution in [1.29, 1.82) is 0 Å². The topological polar surface area (TPSA) is 49.3 Å². The molecule has 5 nitrogen and oxygen atoms in total. The molecule has 0 N–H and O–H groups in total. The number of hydrogen-bond acceptors (Lipinski definition) is 4. The normalized spacial score (nSPS) is 15.4. The predicted molar refractivity (Wildman–Crippen MR) is 97.2 cm³/mol. The van der Waals surface area contributed by atoms with Crippen LogP contribution in [0.1, 0.15) is 15.9 Å². The van der Waals surface area contributed by atoms with E-state index in [-0.39, 0.29) is 5.91 Å². The SMILES string of the molecule is O=C(c1ccnc2ccccc12)N1CCN(Cc2ccncc2)CC1. The van der Waals surface area contributed by atoms with Crippen LogP contribution in [-0.4, -0.2) is 51.9 Å². The lowest BCUT2D eigenvalue weighted by molar-refractivity contribution is 0.0630. The molecule has 0 saturated carbocycles. The average Bonchev–Trinajstić information content (AvgIpc) is 2.68. The molecule has 3 heterocycles. The largest absolute Gasteiger partial charge is 0.336 e. The molecule has 1 amide bonds. The minimum absolute atomic E-state index is 0.0992. The second-order valence-corrected chi connectivity index (χ2v) is 6.30. The van der Waals surface area contributed by atoms with Crippen LogP contribution in [0.25, 0.3) is 10.9 Å². The number of carbonyl (C=O) groups excluding carboxylic acids is 1. The number of pyridine rings is 2. The predicted octanol–water partition coefficient (Wildman–Crippen LogP) is 2.59. The lowest BCUT2D eigenvalue weighted by Gasteiger charge is -2.35. The summed E-state index contributed by atoms with van der Waals surface area (Å²) in [4.78, 5) is 25.7. The summed E-state index contributed by atoms with van der Waals surface area (Å²) in [5.41, 5.74) is 2.87. The molecule has 2 aromatic heterocycles. The van der Waals surface area contributed by atoms with Crippen LogP contribution in [0.4, 0.5) is 0 Å². The lowest BCUT2D eigenvalue weighted by Crippen LogP contribution is -2.48. The van der Waals surface area contributed by atoms with Gasteiger partial charge in [-0.3, -0.25) is 19.7 Å². The third-order valence-electron chi connectivity index (χ3n) is 4.69. The fourth-order valence-corrected chi connectivity index (χ4v) is 3.31. The highest BCUT2D eigenvalue weighted by Crippen LogP contribution is 2.19. The molecule has 1 aliphatic rings. The maximum absolute atomic E-state index is 13.0. The Labute approximate surface area is 146 Å². The molecule has 0 bridgehead atoms. The van der Waals surface area contributed by atoms with Crippen LogP contribution in [0.15, 0.2) is 61.1 Å². The minimum atomic E-state index is 0.0992. The second-order valence-electron chi connectivity index (χ2n) is 6.30. The van der Waals surface area contributed by atoms with Crippen molar-refractivity contribution >= 4 is 16.8 Å².